The molecular weight excluding hydrogens is 257 g/mol. The minimum Gasteiger partial charge on any atom is -0.352 e. The lowest BCUT2D eigenvalue weighted by Crippen LogP contribution is -2.50. The number of rotatable bonds is 2. The summed E-state index contributed by atoms with van der Waals surface area (Å²) < 4.78 is 38.8. The fourth-order valence-electron chi connectivity index (χ4n) is 3.12. The summed E-state index contributed by atoms with van der Waals surface area (Å²) in [6.07, 6.45) is -0.721. The summed E-state index contributed by atoms with van der Waals surface area (Å²) in [6, 6.07) is -0.0166. The first-order valence-corrected chi connectivity index (χ1v) is 7.06. The van der Waals surface area contributed by atoms with E-state index in [4.69, 9.17) is 0 Å². The molecule has 3 nitrogen and oxygen atoms in total. The van der Waals surface area contributed by atoms with Crippen LogP contribution in [-0.4, -0.2) is 31.2 Å². The van der Waals surface area contributed by atoms with Crippen LogP contribution in [0.2, 0.25) is 0 Å². The van der Waals surface area contributed by atoms with E-state index in [1.807, 2.05) is 0 Å². The van der Waals surface area contributed by atoms with Crippen molar-refractivity contribution in [2.24, 2.45) is 11.8 Å². The topological polar surface area (TPSA) is 41.1 Å². The first-order valence-electron chi connectivity index (χ1n) is 7.06. The summed E-state index contributed by atoms with van der Waals surface area (Å²) in [5.74, 6) is -2.76. The molecule has 1 saturated heterocycles. The third kappa shape index (κ3) is 3.84. The normalized spacial score (nSPS) is 32.9. The van der Waals surface area contributed by atoms with Gasteiger partial charge in [-0.05, 0) is 32.2 Å². The Morgan fingerprint density at radius 2 is 1.84 bits per heavy atom. The Hall–Kier alpha value is -0.780. The Bertz CT molecular complexity index is 314. The van der Waals surface area contributed by atoms with E-state index >= 15 is 0 Å². The van der Waals surface area contributed by atoms with E-state index in [0.717, 1.165) is 19.4 Å². The molecule has 1 heterocycles. The number of hydrogen-bond donors (Lipinski definition) is 2. The molecule has 0 aromatic rings. The molecule has 1 aliphatic heterocycles. The Kier molecular flexibility index (Phi) is 4.71. The van der Waals surface area contributed by atoms with Gasteiger partial charge in [0.15, 0.2) is 0 Å². The molecule has 2 fully saturated rings. The summed E-state index contributed by atoms with van der Waals surface area (Å²) in [6.45, 7) is 1.58. The third-order valence-electron chi connectivity index (χ3n) is 4.17. The standard InChI is InChI=1S/C13H21F3N2O/c14-13(15,16)11-6-2-1-5-10(11)12(19)18-9-4-3-7-17-8-9/h9-11,17H,1-8H2,(H,18,19). The maximum Gasteiger partial charge on any atom is 0.392 e. The Labute approximate surface area is 111 Å². The highest BCUT2D eigenvalue weighted by Gasteiger charge is 2.48. The molecule has 6 heteroatoms. The van der Waals surface area contributed by atoms with Crippen LogP contribution in [0.4, 0.5) is 13.2 Å². The lowest BCUT2D eigenvalue weighted by Gasteiger charge is -2.33. The second-order valence-corrected chi connectivity index (χ2v) is 5.59. The van der Waals surface area contributed by atoms with Crippen molar-refractivity contribution < 1.29 is 18.0 Å². The molecule has 2 aliphatic rings. The third-order valence-corrected chi connectivity index (χ3v) is 4.17. The minimum atomic E-state index is -4.26. The molecule has 2 N–H and O–H groups in total. The quantitative estimate of drug-likeness (QED) is 0.813. The average molecular weight is 278 g/mol. The minimum absolute atomic E-state index is 0.0166. The number of carbonyl (C=O) groups is 1. The molecule has 110 valence electrons. The summed E-state index contributed by atoms with van der Waals surface area (Å²) >= 11 is 0. The Morgan fingerprint density at radius 1 is 1.11 bits per heavy atom. The second kappa shape index (κ2) is 6.11. The molecule has 0 bridgehead atoms. The molecule has 0 aromatic carbocycles. The summed E-state index contributed by atoms with van der Waals surface area (Å²) in [4.78, 5) is 12.1. The first kappa shape index (κ1) is 14.6. The number of alkyl halides is 3. The first-order chi connectivity index (χ1) is 8.98. The monoisotopic (exact) mass is 278 g/mol. The molecule has 3 atom stereocenters. The van der Waals surface area contributed by atoms with E-state index in [1.54, 1.807) is 0 Å². The van der Waals surface area contributed by atoms with Gasteiger partial charge >= 0.3 is 6.18 Å². The molecular formula is C13H21F3N2O. The highest BCUT2D eigenvalue weighted by Crippen LogP contribution is 2.41. The summed E-state index contributed by atoms with van der Waals surface area (Å²) in [5.41, 5.74) is 0. The van der Waals surface area contributed by atoms with Crippen LogP contribution in [0.5, 0.6) is 0 Å². The van der Waals surface area contributed by atoms with Crippen molar-refractivity contribution in [3.8, 4) is 0 Å². The zero-order chi connectivity index (χ0) is 13.9. The maximum atomic E-state index is 12.9. The van der Waals surface area contributed by atoms with Crippen LogP contribution >= 0.6 is 0 Å². The van der Waals surface area contributed by atoms with Gasteiger partial charge in [-0.3, -0.25) is 4.79 Å². The number of halogens is 3. The summed E-state index contributed by atoms with van der Waals surface area (Å²) in [7, 11) is 0. The van der Waals surface area contributed by atoms with Crippen LogP contribution < -0.4 is 10.6 Å². The van der Waals surface area contributed by atoms with Crippen LogP contribution in [0.25, 0.3) is 0 Å². The van der Waals surface area contributed by atoms with Crippen LogP contribution in [0.1, 0.15) is 38.5 Å². The van der Waals surface area contributed by atoms with Crippen molar-refractivity contribution in [3.05, 3.63) is 0 Å². The summed E-state index contributed by atoms with van der Waals surface area (Å²) in [5, 5.41) is 5.94. The molecule has 1 saturated carbocycles. The van der Waals surface area contributed by atoms with Crippen molar-refractivity contribution in [2.75, 3.05) is 13.1 Å². The van der Waals surface area contributed by atoms with Crippen molar-refractivity contribution >= 4 is 5.91 Å². The molecule has 0 aromatic heterocycles. The number of amides is 1. The van der Waals surface area contributed by atoms with Crippen LogP contribution in [-0.2, 0) is 4.79 Å². The predicted molar refractivity (Wildman–Crippen MR) is 65.5 cm³/mol. The lowest BCUT2D eigenvalue weighted by atomic mass is 9.78. The number of piperidine rings is 1. The SMILES string of the molecule is O=C(NC1CCCNC1)C1CCCCC1C(F)(F)F. The van der Waals surface area contributed by atoms with Crippen molar-refractivity contribution in [3.63, 3.8) is 0 Å². The van der Waals surface area contributed by atoms with Crippen LogP contribution in [0, 0.1) is 11.8 Å². The van der Waals surface area contributed by atoms with Gasteiger partial charge in [0.25, 0.3) is 0 Å². The molecule has 3 unspecified atom stereocenters. The van der Waals surface area contributed by atoms with Gasteiger partial charge in [-0.25, -0.2) is 0 Å². The van der Waals surface area contributed by atoms with Crippen LogP contribution in [0.3, 0.4) is 0 Å². The van der Waals surface area contributed by atoms with Gasteiger partial charge in [-0.15, -0.1) is 0 Å². The van der Waals surface area contributed by atoms with E-state index in [9.17, 15) is 18.0 Å². The van der Waals surface area contributed by atoms with E-state index in [2.05, 4.69) is 10.6 Å². The van der Waals surface area contributed by atoms with Gasteiger partial charge in [0, 0.05) is 18.5 Å². The van der Waals surface area contributed by atoms with Gasteiger partial charge in [0.1, 0.15) is 0 Å². The van der Waals surface area contributed by atoms with Crippen LogP contribution in [0.15, 0.2) is 0 Å². The van der Waals surface area contributed by atoms with Gasteiger partial charge in [-0.1, -0.05) is 12.8 Å². The molecule has 2 rings (SSSR count). The molecule has 1 amide bonds. The molecule has 19 heavy (non-hydrogen) atoms. The van der Waals surface area contributed by atoms with Crippen molar-refractivity contribution in [1.29, 1.82) is 0 Å². The largest absolute Gasteiger partial charge is 0.392 e. The van der Waals surface area contributed by atoms with Gasteiger partial charge in [0.05, 0.1) is 5.92 Å². The second-order valence-electron chi connectivity index (χ2n) is 5.59. The van der Waals surface area contributed by atoms with Crippen molar-refractivity contribution in [2.45, 2.75) is 50.7 Å². The highest BCUT2D eigenvalue weighted by molar-refractivity contribution is 5.79. The predicted octanol–water partition coefficient (Wildman–Crippen LogP) is 2.22. The number of carbonyl (C=O) groups excluding carboxylic acids is 1. The van der Waals surface area contributed by atoms with Crippen molar-refractivity contribution in [1.82, 2.24) is 10.6 Å². The average Bonchev–Trinajstić information content (AvgIpc) is 2.39. The zero-order valence-corrected chi connectivity index (χ0v) is 10.9. The number of hydrogen-bond acceptors (Lipinski definition) is 2. The van der Waals surface area contributed by atoms with E-state index in [1.165, 1.54) is 0 Å². The van der Waals surface area contributed by atoms with Gasteiger partial charge < -0.3 is 10.6 Å². The van der Waals surface area contributed by atoms with E-state index < -0.39 is 23.9 Å². The highest BCUT2D eigenvalue weighted by atomic mass is 19.4. The fraction of sp³-hybridized carbons (Fsp3) is 0.923. The Balaban J connectivity index is 1.95. The zero-order valence-electron chi connectivity index (χ0n) is 10.9. The van der Waals surface area contributed by atoms with E-state index in [-0.39, 0.29) is 12.5 Å². The lowest BCUT2D eigenvalue weighted by molar-refractivity contribution is -0.198. The molecule has 0 spiro atoms. The van der Waals surface area contributed by atoms with Gasteiger partial charge in [-0.2, -0.15) is 13.2 Å². The maximum absolute atomic E-state index is 12.9. The fourth-order valence-corrected chi connectivity index (χ4v) is 3.12. The number of nitrogens with one attached hydrogen (secondary N) is 2. The smallest absolute Gasteiger partial charge is 0.352 e. The van der Waals surface area contributed by atoms with E-state index in [0.29, 0.717) is 25.8 Å². The molecule has 1 aliphatic carbocycles. The Morgan fingerprint density at radius 3 is 2.47 bits per heavy atom. The molecule has 0 radical (unpaired) electrons. The van der Waals surface area contributed by atoms with Gasteiger partial charge in [0.2, 0.25) is 5.91 Å².